The maximum absolute atomic E-state index is 6.32. The van der Waals surface area contributed by atoms with E-state index in [1.54, 1.807) is 0 Å². The molecule has 0 bridgehead atoms. The Kier molecular flexibility index (Phi) is 4.11. The molecule has 2 aliphatic rings. The Bertz CT molecular complexity index is 243. The Morgan fingerprint density at radius 2 is 1.94 bits per heavy atom. The maximum Gasteiger partial charge on any atom is 0.0940 e. The summed E-state index contributed by atoms with van der Waals surface area (Å²) in [7, 11) is 0. The van der Waals surface area contributed by atoms with E-state index < -0.39 is 0 Å². The van der Waals surface area contributed by atoms with Crippen molar-refractivity contribution in [1.29, 1.82) is 0 Å². The van der Waals surface area contributed by atoms with Crippen molar-refractivity contribution < 1.29 is 9.47 Å². The average molecular weight is 241 g/mol. The molecule has 1 N–H and O–H groups in total. The van der Waals surface area contributed by atoms with Crippen LogP contribution in [0.4, 0.5) is 0 Å². The van der Waals surface area contributed by atoms with Gasteiger partial charge in [-0.2, -0.15) is 0 Å². The normalized spacial score (nSPS) is 31.6. The summed E-state index contributed by atoms with van der Waals surface area (Å²) in [5, 5.41) is 3.53. The Hall–Kier alpha value is -0.120. The fraction of sp³-hybridized carbons (Fsp3) is 1.00. The molecule has 3 nitrogen and oxygen atoms in total. The molecule has 17 heavy (non-hydrogen) atoms. The van der Waals surface area contributed by atoms with Gasteiger partial charge in [-0.3, -0.25) is 0 Å². The SMILES string of the molecule is CCOCC1CNCC2(CCC(C)(C)CC2)O1. The molecule has 1 aliphatic carbocycles. The zero-order chi connectivity index (χ0) is 12.4. The molecule has 0 aromatic carbocycles. The van der Waals surface area contributed by atoms with Crippen LogP contribution in [-0.2, 0) is 9.47 Å². The first kappa shape index (κ1) is 13.3. The van der Waals surface area contributed by atoms with Gasteiger partial charge in [0.15, 0.2) is 0 Å². The van der Waals surface area contributed by atoms with Crippen molar-refractivity contribution in [2.75, 3.05) is 26.3 Å². The molecule has 2 fully saturated rings. The Morgan fingerprint density at radius 3 is 2.59 bits per heavy atom. The van der Waals surface area contributed by atoms with E-state index in [1.165, 1.54) is 25.7 Å². The van der Waals surface area contributed by atoms with Gasteiger partial charge in [0.2, 0.25) is 0 Å². The predicted octanol–water partition coefficient (Wildman–Crippen LogP) is 2.35. The summed E-state index contributed by atoms with van der Waals surface area (Å²) in [6.07, 6.45) is 5.17. The largest absolute Gasteiger partial charge is 0.379 e. The van der Waals surface area contributed by atoms with Gasteiger partial charge in [0.25, 0.3) is 0 Å². The highest BCUT2D eigenvalue weighted by Gasteiger charge is 2.42. The van der Waals surface area contributed by atoms with E-state index in [2.05, 4.69) is 19.2 Å². The molecular formula is C14H27NO2. The predicted molar refractivity (Wildman–Crippen MR) is 69.2 cm³/mol. The average Bonchev–Trinajstić information content (AvgIpc) is 2.32. The van der Waals surface area contributed by atoms with Gasteiger partial charge in [-0.1, -0.05) is 13.8 Å². The summed E-state index contributed by atoms with van der Waals surface area (Å²) < 4.78 is 11.8. The van der Waals surface area contributed by atoms with Crippen LogP contribution in [0.3, 0.4) is 0 Å². The van der Waals surface area contributed by atoms with E-state index in [9.17, 15) is 0 Å². The monoisotopic (exact) mass is 241 g/mol. The van der Waals surface area contributed by atoms with Crippen molar-refractivity contribution in [1.82, 2.24) is 5.32 Å². The van der Waals surface area contributed by atoms with E-state index in [0.29, 0.717) is 5.41 Å². The molecule has 0 amide bonds. The first-order chi connectivity index (χ1) is 8.05. The topological polar surface area (TPSA) is 30.5 Å². The van der Waals surface area contributed by atoms with Gasteiger partial charge in [-0.15, -0.1) is 0 Å². The Balaban J connectivity index is 1.88. The lowest BCUT2D eigenvalue weighted by Gasteiger charge is -2.48. The number of rotatable bonds is 3. The zero-order valence-electron chi connectivity index (χ0n) is 11.6. The van der Waals surface area contributed by atoms with Gasteiger partial charge in [-0.05, 0) is 38.0 Å². The smallest absolute Gasteiger partial charge is 0.0940 e. The van der Waals surface area contributed by atoms with E-state index >= 15 is 0 Å². The van der Waals surface area contributed by atoms with Crippen LogP contribution in [0, 0.1) is 5.41 Å². The molecule has 1 unspecified atom stereocenters. The van der Waals surface area contributed by atoms with E-state index in [0.717, 1.165) is 26.3 Å². The van der Waals surface area contributed by atoms with Crippen molar-refractivity contribution in [3.63, 3.8) is 0 Å². The molecule has 1 aliphatic heterocycles. The van der Waals surface area contributed by atoms with Crippen LogP contribution in [0.15, 0.2) is 0 Å². The lowest BCUT2D eigenvalue weighted by Crippen LogP contribution is -2.57. The van der Waals surface area contributed by atoms with Crippen LogP contribution in [0.2, 0.25) is 0 Å². The molecule has 0 aromatic heterocycles. The summed E-state index contributed by atoms with van der Waals surface area (Å²) in [6.45, 7) is 10.2. The third kappa shape index (κ3) is 3.43. The minimum absolute atomic E-state index is 0.0928. The minimum atomic E-state index is 0.0928. The number of ether oxygens (including phenoxy) is 2. The van der Waals surface area contributed by atoms with Gasteiger partial charge in [0, 0.05) is 19.7 Å². The molecule has 2 rings (SSSR count). The van der Waals surface area contributed by atoms with Crippen LogP contribution < -0.4 is 5.32 Å². The second-order valence-corrected chi connectivity index (χ2v) is 6.38. The number of hydrogen-bond donors (Lipinski definition) is 1. The van der Waals surface area contributed by atoms with E-state index in [4.69, 9.17) is 9.47 Å². The van der Waals surface area contributed by atoms with Gasteiger partial charge in [0.05, 0.1) is 18.3 Å². The lowest BCUT2D eigenvalue weighted by molar-refractivity contribution is -0.161. The second kappa shape index (κ2) is 5.25. The Labute approximate surface area is 105 Å². The molecule has 3 heteroatoms. The van der Waals surface area contributed by atoms with Crippen molar-refractivity contribution in [3.8, 4) is 0 Å². The second-order valence-electron chi connectivity index (χ2n) is 6.38. The molecule has 1 atom stereocenters. The summed E-state index contributed by atoms with van der Waals surface area (Å²) in [4.78, 5) is 0. The maximum atomic E-state index is 6.32. The third-order valence-electron chi connectivity index (χ3n) is 4.26. The highest BCUT2D eigenvalue weighted by molar-refractivity contribution is 4.95. The summed E-state index contributed by atoms with van der Waals surface area (Å²) >= 11 is 0. The molecule has 0 aromatic rings. The van der Waals surface area contributed by atoms with Crippen molar-refractivity contribution in [3.05, 3.63) is 0 Å². The molecule has 1 saturated heterocycles. The fourth-order valence-corrected chi connectivity index (χ4v) is 2.92. The molecule has 100 valence electrons. The molecule has 1 spiro atoms. The molecular weight excluding hydrogens is 214 g/mol. The molecule has 0 radical (unpaired) electrons. The van der Waals surface area contributed by atoms with Crippen LogP contribution in [0.1, 0.15) is 46.5 Å². The third-order valence-corrected chi connectivity index (χ3v) is 4.26. The van der Waals surface area contributed by atoms with Crippen LogP contribution in [-0.4, -0.2) is 38.0 Å². The van der Waals surface area contributed by atoms with Gasteiger partial charge >= 0.3 is 0 Å². The summed E-state index contributed by atoms with van der Waals surface area (Å²) in [6, 6.07) is 0. The van der Waals surface area contributed by atoms with Crippen LogP contribution in [0.25, 0.3) is 0 Å². The first-order valence-corrected chi connectivity index (χ1v) is 7.02. The highest BCUT2D eigenvalue weighted by atomic mass is 16.5. The summed E-state index contributed by atoms with van der Waals surface area (Å²) in [5.41, 5.74) is 0.594. The highest BCUT2D eigenvalue weighted by Crippen LogP contribution is 2.42. The van der Waals surface area contributed by atoms with Gasteiger partial charge in [-0.25, -0.2) is 0 Å². The van der Waals surface area contributed by atoms with E-state index in [1.807, 2.05) is 6.92 Å². The lowest BCUT2D eigenvalue weighted by atomic mass is 9.70. The van der Waals surface area contributed by atoms with Crippen molar-refractivity contribution in [2.45, 2.75) is 58.2 Å². The fourth-order valence-electron chi connectivity index (χ4n) is 2.92. The molecule has 1 heterocycles. The molecule has 1 saturated carbocycles. The number of hydrogen-bond acceptors (Lipinski definition) is 3. The zero-order valence-corrected chi connectivity index (χ0v) is 11.6. The van der Waals surface area contributed by atoms with Crippen LogP contribution >= 0.6 is 0 Å². The summed E-state index contributed by atoms with van der Waals surface area (Å²) in [5.74, 6) is 0. The number of morpholine rings is 1. The Morgan fingerprint density at radius 1 is 1.24 bits per heavy atom. The quantitative estimate of drug-likeness (QED) is 0.823. The van der Waals surface area contributed by atoms with Crippen LogP contribution in [0.5, 0.6) is 0 Å². The van der Waals surface area contributed by atoms with Gasteiger partial charge < -0.3 is 14.8 Å². The van der Waals surface area contributed by atoms with Crippen molar-refractivity contribution >= 4 is 0 Å². The standard InChI is InChI=1S/C14H27NO2/c1-4-16-10-12-9-15-11-14(17-12)7-5-13(2,3)6-8-14/h12,15H,4-11H2,1-3H3. The number of nitrogens with one attached hydrogen (secondary N) is 1. The first-order valence-electron chi connectivity index (χ1n) is 7.02. The van der Waals surface area contributed by atoms with Gasteiger partial charge in [0.1, 0.15) is 0 Å². The minimum Gasteiger partial charge on any atom is -0.379 e. The van der Waals surface area contributed by atoms with Crippen molar-refractivity contribution in [2.24, 2.45) is 5.41 Å². The van der Waals surface area contributed by atoms with E-state index in [-0.39, 0.29) is 11.7 Å².